The molecule has 2 rings (SSSR count). The van der Waals surface area contributed by atoms with Gasteiger partial charge in [0.25, 0.3) is 0 Å². The maximum Gasteiger partial charge on any atom is 0.161 e. The number of phenols is 1. The number of phenolic OH excluding ortho intramolecular Hbond substituents is 1. The maximum atomic E-state index is 10.6. The number of aromatic hydroxyl groups is 1. The second-order valence-corrected chi connectivity index (χ2v) is 4.68. The Hall–Kier alpha value is -2.40. The van der Waals surface area contributed by atoms with Crippen molar-refractivity contribution in [3.8, 4) is 23.0 Å². The van der Waals surface area contributed by atoms with E-state index < -0.39 is 12.2 Å². The lowest BCUT2D eigenvalue weighted by molar-refractivity contribution is 0.0450. The van der Waals surface area contributed by atoms with Crippen LogP contribution in [0.3, 0.4) is 0 Å². The first-order valence-electron chi connectivity index (χ1n) is 7.29. The lowest BCUT2D eigenvalue weighted by Crippen LogP contribution is -2.22. The molecule has 0 heterocycles. The van der Waals surface area contributed by atoms with Crippen molar-refractivity contribution in [2.75, 3.05) is 14.2 Å². The summed E-state index contributed by atoms with van der Waals surface area (Å²) in [5.41, 5.74) is 0.245. The number of hydrogen-bond acceptors (Lipinski definition) is 5. The summed E-state index contributed by atoms with van der Waals surface area (Å²) in [6, 6.07) is 11.2. The molecule has 0 spiro atoms. The second kappa shape index (κ2) is 7.04. The third-order valence-corrected chi connectivity index (χ3v) is 3.23. The summed E-state index contributed by atoms with van der Waals surface area (Å²) in [5, 5.41) is 20.2. The van der Waals surface area contributed by atoms with Crippen LogP contribution in [0, 0.1) is 0 Å². The standard InChI is InChI=1S/C17H20O5/c1-11(22-15-7-5-4-6-14(15)20-2)17(19)12-8-9-13(18)16(10-12)21-3/h4-11,17-19H,1-3H3/i17D. The van der Waals surface area contributed by atoms with Crippen LogP contribution in [0.2, 0.25) is 0 Å². The van der Waals surface area contributed by atoms with Crippen LogP contribution in [0.5, 0.6) is 23.0 Å². The Kier molecular flexibility index (Phi) is 4.65. The van der Waals surface area contributed by atoms with Crippen LogP contribution < -0.4 is 14.2 Å². The molecule has 0 aliphatic rings. The van der Waals surface area contributed by atoms with Gasteiger partial charge in [0.1, 0.15) is 12.2 Å². The zero-order chi connectivity index (χ0) is 17.0. The number of para-hydroxylation sites is 2. The second-order valence-electron chi connectivity index (χ2n) is 4.68. The molecule has 5 heteroatoms. The minimum absolute atomic E-state index is 0.0645. The van der Waals surface area contributed by atoms with Crippen LogP contribution in [-0.4, -0.2) is 30.5 Å². The Morgan fingerprint density at radius 3 is 2.27 bits per heavy atom. The predicted molar refractivity (Wildman–Crippen MR) is 82.7 cm³/mol. The number of hydrogen-bond donors (Lipinski definition) is 2. The smallest absolute Gasteiger partial charge is 0.161 e. The third kappa shape index (κ3) is 3.43. The molecule has 0 fully saturated rings. The van der Waals surface area contributed by atoms with Gasteiger partial charge >= 0.3 is 0 Å². The van der Waals surface area contributed by atoms with E-state index in [2.05, 4.69) is 0 Å². The Morgan fingerprint density at radius 2 is 1.64 bits per heavy atom. The van der Waals surface area contributed by atoms with E-state index >= 15 is 0 Å². The first kappa shape index (κ1) is 14.5. The average molecular weight is 305 g/mol. The van der Waals surface area contributed by atoms with Gasteiger partial charge in [-0.2, -0.15) is 0 Å². The van der Waals surface area contributed by atoms with E-state index in [9.17, 15) is 10.2 Å². The topological polar surface area (TPSA) is 68.2 Å². The van der Waals surface area contributed by atoms with Crippen molar-refractivity contribution in [3.05, 3.63) is 48.0 Å². The lowest BCUT2D eigenvalue weighted by atomic mass is 10.0. The van der Waals surface area contributed by atoms with E-state index in [4.69, 9.17) is 15.6 Å². The first-order chi connectivity index (χ1) is 10.9. The summed E-state index contributed by atoms with van der Waals surface area (Å²) in [7, 11) is 2.92. The number of ether oxygens (including phenoxy) is 3. The minimum atomic E-state index is -2.04. The normalized spacial score (nSPS) is 15.4. The van der Waals surface area contributed by atoms with Crippen molar-refractivity contribution < 1.29 is 25.8 Å². The molecule has 0 saturated carbocycles. The van der Waals surface area contributed by atoms with Gasteiger partial charge in [0.05, 0.1) is 15.6 Å². The molecular formula is C17H20O5. The Labute approximate surface area is 131 Å². The number of aliphatic hydroxyl groups is 1. The van der Waals surface area contributed by atoms with Crippen molar-refractivity contribution in [1.29, 1.82) is 0 Å². The van der Waals surface area contributed by atoms with Gasteiger partial charge in [-0.25, -0.2) is 0 Å². The predicted octanol–water partition coefficient (Wildman–Crippen LogP) is 2.91. The van der Waals surface area contributed by atoms with Crippen LogP contribution >= 0.6 is 0 Å². The van der Waals surface area contributed by atoms with Gasteiger partial charge in [0.15, 0.2) is 23.0 Å². The number of benzene rings is 2. The highest BCUT2D eigenvalue weighted by atomic mass is 16.5. The van der Waals surface area contributed by atoms with E-state index in [1.54, 1.807) is 31.2 Å². The van der Waals surface area contributed by atoms with E-state index in [-0.39, 0.29) is 17.1 Å². The average Bonchev–Trinajstić information content (AvgIpc) is 2.55. The molecule has 2 aromatic carbocycles. The fourth-order valence-corrected chi connectivity index (χ4v) is 2.03. The van der Waals surface area contributed by atoms with E-state index in [0.717, 1.165) is 0 Å². The molecule has 5 nitrogen and oxygen atoms in total. The van der Waals surface area contributed by atoms with Crippen molar-refractivity contribution in [2.45, 2.75) is 19.1 Å². The minimum Gasteiger partial charge on any atom is -0.504 e. The van der Waals surface area contributed by atoms with Gasteiger partial charge in [-0.3, -0.25) is 0 Å². The van der Waals surface area contributed by atoms with Crippen LogP contribution in [0.1, 0.15) is 19.9 Å². The highest BCUT2D eigenvalue weighted by Gasteiger charge is 2.20. The highest BCUT2D eigenvalue weighted by Crippen LogP contribution is 2.33. The van der Waals surface area contributed by atoms with Gasteiger partial charge in [-0.15, -0.1) is 0 Å². The van der Waals surface area contributed by atoms with Crippen molar-refractivity contribution in [1.82, 2.24) is 0 Å². The molecule has 0 aliphatic carbocycles. The van der Waals surface area contributed by atoms with Crippen LogP contribution in [0.15, 0.2) is 42.5 Å². The molecule has 2 atom stereocenters. The molecule has 118 valence electrons. The Balaban J connectivity index is 2.28. The molecule has 0 aromatic heterocycles. The molecule has 0 aliphatic heterocycles. The summed E-state index contributed by atoms with van der Waals surface area (Å²) in [6.45, 7) is 1.58. The van der Waals surface area contributed by atoms with E-state index in [1.807, 2.05) is 0 Å². The zero-order valence-electron chi connectivity index (χ0n) is 13.7. The molecule has 22 heavy (non-hydrogen) atoms. The fraction of sp³-hybridized carbons (Fsp3) is 0.294. The molecule has 2 N–H and O–H groups in total. The Bertz CT molecular complexity index is 672. The van der Waals surface area contributed by atoms with Gasteiger partial charge in [0.2, 0.25) is 0 Å². The van der Waals surface area contributed by atoms with Crippen molar-refractivity contribution in [2.24, 2.45) is 0 Å². The van der Waals surface area contributed by atoms with Crippen LogP contribution in [-0.2, 0) is 0 Å². The van der Waals surface area contributed by atoms with Crippen LogP contribution in [0.25, 0.3) is 0 Å². The van der Waals surface area contributed by atoms with E-state index in [1.165, 1.54) is 32.4 Å². The van der Waals surface area contributed by atoms with Gasteiger partial charge in [-0.05, 0) is 36.8 Å². The third-order valence-electron chi connectivity index (χ3n) is 3.23. The molecule has 0 saturated heterocycles. The van der Waals surface area contributed by atoms with Crippen LogP contribution in [0.4, 0.5) is 0 Å². The summed E-state index contributed by atoms with van der Waals surface area (Å²) < 4.78 is 24.1. The van der Waals surface area contributed by atoms with E-state index in [0.29, 0.717) is 11.5 Å². The molecule has 0 amide bonds. The van der Waals surface area contributed by atoms with Crippen molar-refractivity contribution >= 4 is 0 Å². The zero-order valence-corrected chi connectivity index (χ0v) is 12.7. The van der Waals surface area contributed by atoms with Gasteiger partial charge in [0, 0.05) is 0 Å². The number of methoxy groups -OCH3 is 2. The first-order valence-corrected chi connectivity index (χ1v) is 6.79. The molecule has 0 radical (unpaired) electrons. The summed E-state index contributed by atoms with van der Waals surface area (Å²) in [4.78, 5) is 0. The van der Waals surface area contributed by atoms with Gasteiger partial charge in [-0.1, -0.05) is 18.2 Å². The molecule has 0 bridgehead atoms. The lowest BCUT2D eigenvalue weighted by Gasteiger charge is -2.22. The number of rotatable bonds is 6. The summed E-state index contributed by atoms with van der Waals surface area (Å²) in [5.74, 6) is 1.06. The molecule has 2 aromatic rings. The SMILES string of the molecule is [2H]C(O)(c1ccc(O)c(OC)c1)C(C)Oc1ccccc1OC. The summed E-state index contributed by atoms with van der Waals surface area (Å²) in [6.07, 6.45) is -2.94. The summed E-state index contributed by atoms with van der Waals surface area (Å²) >= 11 is 0. The highest BCUT2D eigenvalue weighted by molar-refractivity contribution is 5.43. The largest absolute Gasteiger partial charge is 0.504 e. The molecular weight excluding hydrogens is 284 g/mol. The maximum absolute atomic E-state index is 10.6. The van der Waals surface area contributed by atoms with Crippen molar-refractivity contribution in [3.63, 3.8) is 0 Å². The van der Waals surface area contributed by atoms with Gasteiger partial charge < -0.3 is 24.4 Å². The monoisotopic (exact) mass is 305 g/mol. The molecule has 2 unspecified atom stereocenters. The quantitative estimate of drug-likeness (QED) is 0.859. The fourth-order valence-electron chi connectivity index (χ4n) is 2.03. The Morgan fingerprint density at radius 1 is 1.00 bits per heavy atom.